The number of amides is 3. The fourth-order valence-electron chi connectivity index (χ4n) is 4.07. The number of nitrogens with one attached hydrogen (secondary N) is 1. The van der Waals surface area contributed by atoms with Gasteiger partial charge >= 0.3 is 0 Å². The van der Waals surface area contributed by atoms with Crippen molar-refractivity contribution in [3.05, 3.63) is 101 Å². The molecule has 0 spiro atoms. The molecular formula is C27H27N3O4. The van der Waals surface area contributed by atoms with Crippen LogP contribution in [0.2, 0.25) is 0 Å². The Bertz CT molecular complexity index is 1190. The zero-order chi connectivity index (χ0) is 24.2. The van der Waals surface area contributed by atoms with Crippen molar-refractivity contribution in [2.75, 3.05) is 27.7 Å². The van der Waals surface area contributed by atoms with Gasteiger partial charge in [-0.2, -0.15) is 0 Å². The third kappa shape index (κ3) is 4.70. The van der Waals surface area contributed by atoms with E-state index in [1.54, 1.807) is 55.6 Å². The summed E-state index contributed by atoms with van der Waals surface area (Å²) in [7, 11) is 5.55. The van der Waals surface area contributed by atoms with Crippen molar-refractivity contribution in [3.8, 4) is 5.75 Å². The van der Waals surface area contributed by atoms with Gasteiger partial charge in [-0.05, 0) is 61.6 Å². The second kappa shape index (κ2) is 9.89. The zero-order valence-electron chi connectivity index (χ0n) is 19.4. The lowest BCUT2D eigenvalue weighted by Gasteiger charge is -2.25. The summed E-state index contributed by atoms with van der Waals surface area (Å²) < 4.78 is 5.32. The van der Waals surface area contributed by atoms with Crippen molar-refractivity contribution in [1.82, 2.24) is 15.1 Å². The van der Waals surface area contributed by atoms with Crippen LogP contribution in [0.25, 0.3) is 0 Å². The van der Waals surface area contributed by atoms with Crippen LogP contribution in [0.1, 0.15) is 48.2 Å². The van der Waals surface area contributed by atoms with Crippen LogP contribution in [-0.2, 0) is 6.54 Å². The summed E-state index contributed by atoms with van der Waals surface area (Å²) in [5.41, 5.74) is 3.17. The van der Waals surface area contributed by atoms with Crippen molar-refractivity contribution in [2.45, 2.75) is 12.6 Å². The molecule has 34 heavy (non-hydrogen) atoms. The zero-order valence-corrected chi connectivity index (χ0v) is 19.4. The van der Waals surface area contributed by atoms with E-state index in [1.165, 1.54) is 4.90 Å². The SMILES string of the molecule is COc1cccc([C@H](CNC(=O)c2ccc(CN3C(=O)c4ccccc4C3=O)cc2)N(C)C)c1. The van der Waals surface area contributed by atoms with Gasteiger partial charge in [-0.25, -0.2) is 0 Å². The average molecular weight is 458 g/mol. The van der Waals surface area contributed by atoms with Gasteiger partial charge in [0, 0.05) is 12.1 Å². The largest absolute Gasteiger partial charge is 0.497 e. The fraction of sp³-hybridized carbons (Fsp3) is 0.222. The van der Waals surface area contributed by atoms with Gasteiger partial charge in [0.15, 0.2) is 0 Å². The maximum Gasteiger partial charge on any atom is 0.261 e. The van der Waals surface area contributed by atoms with Gasteiger partial charge in [0.25, 0.3) is 17.7 Å². The molecule has 1 aliphatic heterocycles. The molecule has 1 atom stereocenters. The number of nitrogens with zero attached hydrogens (tertiary/aromatic N) is 2. The summed E-state index contributed by atoms with van der Waals surface area (Å²) >= 11 is 0. The van der Waals surface area contributed by atoms with Gasteiger partial charge in [0.2, 0.25) is 0 Å². The number of rotatable bonds is 8. The normalized spacial score (nSPS) is 13.7. The van der Waals surface area contributed by atoms with Gasteiger partial charge in [-0.1, -0.05) is 36.4 Å². The molecule has 0 saturated carbocycles. The highest BCUT2D eigenvalue weighted by molar-refractivity contribution is 6.21. The van der Waals surface area contributed by atoms with E-state index < -0.39 is 0 Å². The third-order valence-electron chi connectivity index (χ3n) is 5.99. The molecule has 0 bridgehead atoms. The van der Waals surface area contributed by atoms with E-state index in [4.69, 9.17) is 4.74 Å². The fourth-order valence-corrected chi connectivity index (χ4v) is 4.07. The van der Waals surface area contributed by atoms with Gasteiger partial charge < -0.3 is 15.0 Å². The Morgan fingerprint density at radius 2 is 1.59 bits per heavy atom. The Balaban J connectivity index is 1.39. The Morgan fingerprint density at radius 1 is 0.941 bits per heavy atom. The quantitative estimate of drug-likeness (QED) is 0.524. The maximum atomic E-state index is 12.8. The molecule has 0 radical (unpaired) electrons. The van der Waals surface area contributed by atoms with E-state index in [0.717, 1.165) is 16.9 Å². The Kier molecular flexibility index (Phi) is 6.75. The third-order valence-corrected chi connectivity index (χ3v) is 5.99. The van der Waals surface area contributed by atoms with E-state index >= 15 is 0 Å². The Labute approximate surface area is 198 Å². The molecule has 0 fully saturated rings. The number of benzene rings is 3. The predicted molar refractivity (Wildman–Crippen MR) is 129 cm³/mol. The Morgan fingerprint density at radius 3 is 2.18 bits per heavy atom. The summed E-state index contributed by atoms with van der Waals surface area (Å²) in [5.74, 6) is -0.0178. The van der Waals surface area contributed by atoms with Crippen LogP contribution >= 0.6 is 0 Å². The molecule has 3 aromatic carbocycles. The lowest BCUT2D eigenvalue weighted by atomic mass is 10.1. The van der Waals surface area contributed by atoms with Gasteiger partial charge in [0.1, 0.15) is 5.75 Å². The first-order chi connectivity index (χ1) is 16.4. The van der Waals surface area contributed by atoms with Gasteiger partial charge in [-0.3, -0.25) is 19.3 Å². The first-order valence-electron chi connectivity index (χ1n) is 11.0. The van der Waals surface area contributed by atoms with Crippen LogP contribution in [0.15, 0.2) is 72.8 Å². The van der Waals surface area contributed by atoms with Crippen LogP contribution in [-0.4, -0.2) is 55.3 Å². The summed E-state index contributed by atoms with van der Waals surface area (Å²) in [6, 6.07) is 21.5. The molecule has 0 aliphatic carbocycles. The number of carbonyl (C=O) groups excluding carboxylic acids is 3. The van der Waals surface area contributed by atoms with Crippen LogP contribution < -0.4 is 10.1 Å². The predicted octanol–water partition coefficient (Wildman–Crippen LogP) is 3.52. The number of methoxy groups -OCH3 is 1. The standard InChI is InChI=1S/C27H27N3O4/c1-29(2)24(20-7-6-8-21(15-20)34-3)16-28-25(31)19-13-11-18(12-14-19)17-30-26(32)22-9-4-5-10-23(22)27(30)33/h4-15,24H,16-17H2,1-3H3,(H,28,31)/t24-/m0/s1. The topological polar surface area (TPSA) is 79.0 Å². The smallest absolute Gasteiger partial charge is 0.261 e. The molecule has 3 amide bonds. The first-order valence-corrected chi connectivity index (χ1v) is 11.0. The van der Waals surface area contributed by atoms with Crippen LogP contribution in [0.3, 0.4) is 0 Å². The Hall–Kier alpha value is -3.97. The van der Waals surface area contributed by atoms with Crippen LogP contribution in [0.5, 0.6) is 5.75 Å². The summed E-state index contributed by atoms with van der Waals surface area (Å²) in [6.07, 6.45) is 0. The van der Waals surface area contributed by atoms with Crippen molar-refractivity contribution in [2.24, 2.45) is 0 Å². The van der Waals surface area contributed by atoms with Gasteiger partial charge in [-0.15, -0.1) is 0 Å². The summed E-state index contributed by atoms with van der Waals surface area (Å²) in [5, 5.41) is 2.99. The van der Waals surface area contributed by atoms with E-state index in [2.05, 4.69) is 5.32 Å². The highest BCUT2D eigenvalue weighted by Crippen LogP contribution is 2.25. The molecule has 0 unspecified atom stereocenters. The molecule has 1 heterocycles. The van der Waals surface area contributed by atoms with E-state index in [9.17, 15) is 14.4 Å². The molecule has 7 heteroatoms. The van der Waals surface area contributed by atoms with Gasteiger partial charge in [0.05, 0.1) is 30.8 Å². The van der Waals surface area contributed by atoms with Crippen molar-refractivity contribution < 1.29 is 19.1 Å². The minimum Gasteiger partial charge on any atom is -0.497 e. The molecule has 4 rings (SSSR count). The van der Waals surface area contributed by atoms with E-state index in [1.807, 2.05) is 43.3 Å². The number of likely N-dealkylation sites (N-methyl/N-ethyl adjacent to an activating group) is 1. The average Bonchev–Trinajstić information content (AvgIpc) is 3.09. The number of carbonyl (C=O) groups is 3. The lowest BCUT2D eigenvalue weighted by molar-refractivity contribution is 0.0641. The summed E-state index contributed by atoms with van der Waals surface area (Å²) in [6.45, 7) is 0.586. The molecule has 1 N–H and O–H groups in total. The second-order valence-corrected chi connectivity index (χ2v) is 8.41. The summed E-state index contributed by atoms with van der Waals surface area (Å²) in [4.78, 5) is 41.2. The van der Waals surface area contributed by atoms with Crippen LogP contribution in [0.4, 0.5) is 0 Å². The minimum atomic E-state index is -0.297. The number of imide groups is 1. The van der Waals surface area contributed by atoms with Crippen LogP contribution in [0, 0.1) is 0 Å². The number of hydrogen-bond acceptors (Lipinski definition) is 5. The molecule has 0 saturated heterocycles. The van der Waals surface area contributed by atoms with Crippen molar-refractivity contribution in [3.63, 3.8) is 0 Å². The highest BCUT2D eigenvalue weighted by Gasteiger charge is 2.34. The maximum absolute atomic E-state index is 12.8. The molecular weight excluding hydrogens is 430 g/mol. The highest BCUT2D eigenvalue weighted by atomic mass is 16.5. The number of fused-ring (bicyclic) bond motifs is 1. The monoisotopic (exact) mass is 457 g/mol. The second-order valence-electron chi connectivity index (χ2n) is 8.41. The minimum absolute atomic E-state index is 0.0212. The number of ether oxygens (including phenoxy) is 1. The molecule has 174 valence electrons. The van der Waals surface area contributed by atoms with E-state index in [0.29, 0.717) is 23.2 Å². The van der Waals surface area contributed by atoms with Crippen molar-refractivity contribution in [1.29, 1.82) is 0 Å². The molecule has 7 nitrogen and oxygen atoms in total. The number of hydrogen-bond donors (Lipinski definition) is 1. The molecule has 1 aliphatic rings. The lowest BCUT2D eigenvalue weighted by Crippen LogP contribution is -2.34. The first kappa shape index (κ1) is 23.2. The van der Waals surface area contributed by atoms with E-state index in [-0.39, 0.29) is 30.3 Å². The van der Waals surface area contributed by atoms with Crippen molar-refractivity contribution >= 4 is 17.7 Å². The molecule has 0 aromatic heterocycles. The molecule has 3 aromatic rings.